The molecule has 0 spiro atoms. The van der Waals surface area contributed by atoms with E-state index in [9.17, 15) is 0 Å². The summed E-state index contributed by atoms with van der Waals surface area (Å²) in [6.45, 7) is 1.43. The van der Waals surface area contributed by atoms with E-state index in [4.69, 9.17) is 21.1 Å². The smallest absolute Gasteiger partial charge is 0.224 e. The minimum absolute atomic E-state index is 0.0468. The highest BCUT2D eigenvalue weighted by molar-refractivity contribution is 6.28. The number of hydrogen-bond acceptors (Lipinski definition) is 5. The molecule has 0 aliphatic carbocycles. The molecule has 2 aromatic rings. The van der Waals surface area contributed by atoms with E-state index in [1.807, 2.05) is 6.20 Å². The number of rotatable bonds is 5. The van der Waals surface area contributed by atoms with Gasteiger partial charge in [-0.05, 0) is 42.8 Å². The Hall–Kier alpha value is -1.50. The minimum Gasteiger partial charge on any atom is -0.353 e. The van der Waals surface area contributed by atoms with Crippen molar-refractivity contribution in [2.45, 2.75) is 32.0 Å². The molecule has 3 heterocycles. The Morgan fingerprint density at radius 1 is 1.43 bits per heavy atom. The van der Waals surface area contributed by atoms with Gasteiger partial charge in [0.25, 0.3) is 0 Å². The lowest BCUT2D eigenvalue weighted by Gasteiger charge is -2.22. The van der Waals surface area contributed by atoms with Gasteiger partial charge in [-0.15, -0.1) is 0 Å². The lowest BCUT2D eigenvalue weighted by atomic mass is 10.2. The molecule has 21 heavy (non-hydrogen) atoms. The van der Waals surface area contributed by atoms with Crippen molar-refractivity contribution in [1.29, 1.82) is 0 Å². The molecule has 7 heteroatoms. The van der Waals surface area contributed by atoms with Gasteiger partial charge in [0, 0.05) is 25.1 Å². The van der Waals surface area contributed by atoms with Gasteiger partial charge < -0.3 is 9.47 Å². The van der Waals surface area contributed by atoms with Gasteiger partial charge in [0.15, 0.2) is 12.1 Å². The van der Waals surface area contributed by atoms with Crippen LogP contribution in [0, 0.1) is 0 Å². The first-order chi connectivity index (χ1) is 10.3. The number of nitrogens with zero attached hydrogens (tertiary/aromatic N) is 4. The number of halogens is 1. The second-order valence-corrected chi connectivity index (χ2v) is 5.23. The summed E-state index contributed by atoms with van der Waals surface area (Å²) in [5, 5.41) is 4.48. The molecule has 112 valence electrons. The van der Waals surface area contributed by atoms with Gasteiger partial charge in [0.1, 0.15) is 0 Å². The van der Waals surface area contributed by atoms with E-state index < -0.39 is 0 Å². The molecular formula is C14H17ClN4O2. The third kappa shape index (κ3) is 4.00. The summed E-state index contributed by atoms with van der Waals surface area (Å²) in [4.78, 5) is 7.97. The zero-order chi connectivity index (χ0) is 14.5. The van der Waals surface area contributed by atoms with Gasteiger partial charge in [-0.3, -0.25) is 0 Å². The molecule has 3 rings (SSSR count). The van der Waals surface area contributed by atoms with Crippen LogP contribution in [-0.2, 0) is 15.9 Å². The van der Waals surface area contributed by atoms with Gasteiger partial charge >= 0.3 is 0 Å². The van der Waals surface area contributed by atoms with E-state index in [2.05, 4.69) is 15.1 Å². The van der Waals surface area contributed by atoms with Crippen molar-refractivity contribution in [2.24, 2.45) is 0 Å². The Kier molecular flexibility index (Phi) is 4.80. The third-order valence-corrected chi connectivity index (χ3v) is 3.50. The number of aromatic nitrogens is 4. The summed E-state index contributed by atoms with van der Waals surface area (Å²) in [7, 11) is 0. The molecule has 1 aliphatic rings. The SMILES string of the molecule is Clc1nccc(-n2cc(CCOC3CCCCO3)cn2)n1. The Morgan fingerprint density at radius 3 is 3.19 bits per heavy atom. The van der Waals surface area contributed by atoms with Crippen LogP contribution in [0.1, 0.15) is 24.8 Å². The fourth-order valence-corrected chi connectivity index (χ4v) is 2.36. The first kappa shape index (κ1) is 14.4. The molecular weight excluding hydrogens is 292 g/mol. The van der Waals surface area contributed by atoms with Gasteiger partial charge in [-0.1, -0.05) is 0 Å². The number of hydrogen-bond donors (Lipinski definition) is 0. The van der Waals surface area contributed by atoms with E-state index in [-0.39, 0.29) is 11.6 Å². The van der Waals surface area contributed by atoms with Crippen molar-refractivity contribution >= 4 is 11.6 Å². The summed E-state index contributed by atoms with van der Waals surface area (Å²) >= 11 is 5.77. The predicted octanol–water partition coefficient (Wildman–Crippen LogP) is 2.40. The van der Waals surface area contributed by atoms with Crippen LogP contribution in [0.4, 0.5) is 0 Å². The third-order valence-electron chi connectivity index (χ3n) is 3.31. The van der Waals surface area contributed by atoms with Crippen LogP contribution in [0.25, 0.3) is 5.82 Å². The topological polar surface area (TPSA) is 62.1 Å². The van der Waals surface area contributed by atoms with E-state index in [1.165, 1.54) is 6.42 Å². The molecule has 1 unspecified atom stereocenters. The Morgan fingerprint density at radius 2 is 2.38 bits per heavy atom. The van der Waals surface area contributed by atoms with Gasteiger partial charge in [-0.25, -0.2) is 9.67 Å². The van der Waals surface area contributed by atoms with Crippen molar-refractivity contribution in [1.82, 2.24) is 19.7 Å². The molecule has 1 saturated heterocycles. The summed E-state index contributed by atoms with van der Waals surface area (Å²) < 4.78 is 12.9. The Labute approximate surface area is 128 Å². The van der Waals surface area contributed by atoms with Crippen molar-refractivity contribution in [3.05, 3.63) is 35.5 Å². The summed E-state index contributed by atoms with van der Waals surface area (Å²) in [5.41, 5.74) is 1.08. The van der Waals surface area contributed by atoms with Crippen LogP contribution < -0.4 is 0 Å². The van der Waals surface area contributed by atoms with Gasteiger partial charge in [-0.2, -0.15) is 10.1 Å². The monoisotopic (exact) mass is 308 g/mol. The van der Waals surface area contributed by atoms with E-state index in [1.54, 1.807) is 23.1 Å². The largest absolute Gasteiger partial charge is 0.353 e. The van der Waals surface area contributed by atoms with Crippen LogP contribution in [-0.4, -0.2) is 39.3 Å². The lowest BCUT2D eigenvalue weighted by molar-refractivity contribution is -0.161. The average Bonchev–Trinajstić information content (AvgIpc) is 2.97. The second-order valence-electron chi connectivity index (χ2n) is 4.89. The van der Waals surface area contributed by atoms with Crippen molar-refractivity contribution in [3.63, 3.8) is 0 Å². The van der Waals surface area contributed by atoms with Crippen LogP contribution >= 0.6 is 11.6 Å². The molecule has 1 aliphatic heterocycles. The fourth-order valence-electron chi connectivity index (χ4n) is 2.22. The second kappa shape index (κ2) is 6.98. The average molecular weight is 309 g/mol. The highest BCUT2D eigenvalue weighted by atomic mass is 35.5. The molecule has 0 aromatic carbocycles. The van der Waals surface area contributed by atoms with Gasteiger partial charge in [0.2, 0.25) is 5.28 Å². The zero-order valence-corrected chi connectivity index (χ0v) is 12.4. The maximum absolute atomic E-state index is 5.77. The fraction of sp³-hybridized carbons (Fsp3) is 0.500. The van der Waals surface area contributed by atoms with Gasteiger partial charge in [0.05, 0.1) is 12.8 Å². The van der Waals surface area contributed by atoms with Crippen molar-refractivity contribution < 1.29 is 9.47 Å². The maximum Gasteiger partial charge on any atom is 0.224 e. The van der Waals surface area contributed by atoms with E-state index in [0.717, 1.165) is 31.4 Å². The van der Waals surface area contributed by atoms with Crippen molar-refractivity contribution in [2.75, 3.05) is 13.2 Å². The molecule has 0 amide bonds. The molecule has 0 bridgehead atoms. The van der Waals surface area contributed by atoms with Crippen LogP contribution in [0.3, 0.4) is 0 Å². The summed E-state index contributed by atoms with van der Waals surface area (Å²) in [5.74, 6) is 0.651. The van der Waals surface area contributed by atoms with Crippen LogP contribution in [0.15, 0.2) is 24.7 Å². The molecule has 2 aromatic heterocycles. The quantitative estimate of drug-likeness (QED) is 0.794. The predicted molar refractivity (Wildman–Crippen MR) is 77.4 cm³/mol. The van der Waals surface area contributed by atoms with Crippen LogP contribution in [0.2, 0.25) is 5.28 Å². The van der Waals surface area contributed by atoms with E-state index in [0.29, 0.717) is 12.4 Å². The summed E-state index contributed by atoms with van der Waals surface area (Å²) in [6.07, 6.45) is 9.37. The Balaban J connectivity index is 1.53. The minimum atomic E-state index is -0.0468. The van der Waals surface area contributed by atoms with Crippen molar-refractivity contribution in [3.8, 4) is 5.82 Å². The van der Waals surface area contributed by atoms with Crippen LogP contribution in [0.5, 0.6) is 0 Å². The number of ether oxygens (including phenoxy) is 2. The normalized spacial score (nSPS) is 18.8. The Bertz CT molecular complexity index is 584. The zero-order valence-electron chi connectivity index (χ0n) is 11.6. The molecule has 0 radical (unpaired) electrons. The van der Waals surface area contributed by atoms with E-state index >= 15 is 0 Å². The maximum atomic E-state index is 5.77. The molecule has 0 N–H and O–H groups in total. The highest BCUT2D eigenvalue weighted by Crippen LogP contribution is 2.14. The lowest BCUT2D eigenvalue weighted by Crippen LogP contribution is -2.23. The first-order valence-electron chi connectivity index (χ1n) is 7.07. The highest BCUT2D eigenvalue weighted by Gasteiger charge is 2.13. The molecule has 1 atom stereocenters. The first-order valence-corrected chi connectivity index (χ1v) is 7.45. The standard InChI is InChI=1S/C14H17ClN4O2/c15-14-16-6-4-12(18-14)19-10-11(9-17-19)5-8-21-13-3-1-2-7-20-13/h4,6,9-10,13H,1-3,5,7-8H2. The summed E-state index contributed by atoms with van der Waals surface area (Å²) in [6, 6.07) is 1.76. The molecule has 6 nitrogen and oxygen atoms in total. The molecule has 0 saturated carbocycles. The molecule has 1 fully saturated rings.